The first-order valence-corrected chi connectivity index (χ1v) is 9.08. The van der Waals surface area contributed by atoms with Crippen LogP contribution in [0.3, 0.4) is 0 Å². The molecule has 2 heterocycles. The predicted molar refractivity (Wildman–Crippen MR) is 110 cm³/mol. The number of hydrogen-bond acceptors (Lipinski definition) is 5. The maximum atomic E-state index is 6.07. The van der Waals surface area contributed by atoms with Crippen LogP contribution in [0.1, 0.15) is 11.1 Å². The minimum atomic E-state index is 0.486. The minimum absolute atomic E-state index is 0.486. The van der Waals surface area contributed by atoms with Crippen molar-refractivity contribution in [2.45, 2.75) is 13.3 Å². The van der Waals surface area contributed by atoms with Gasteiger partial charge in [0.2, 0.25) is 5.95 Å². The van der Waals surface area contributed by atoms with Crippen molar-refractivity contribution < 1.29 is 0 Å². The van der Waals surface area contributed by atoms with Gasteiger partial charge in [0.05, 0.1) is 6.20 Å². The van der Waals surface area contributed by atoms with Gasteiger partial charge in [-0.15, -0.1) is 5.10 Å². The Morgan fingerprint density at radius 1 is 1.15 bits per heavy atom. The number of aryl methyl sites for hydroxylation is 1. The lowest BCUT2D eigenvalue weighted by atomic mass is 10.1. The van der Waals surface area contributed by atoms with Gasteiger partial charge in [-0.25, -0.2) is 0 Å². The molecule has 0 aliphatic heterocycles. The van der Waals surface area contributed by atoms with Gasteiger partial charge in [0.15, 0.2) is 5.82 Å². The molecule has 0 saturated heterocycles. The molecule has 4 aromatic rings. The molecule has 4 rings (SSSR count). The number of aromatic nitrogens is 4. The highest BCUT2D eigenvalue weighted by Crippen LogP contribution is 2.23. The summed E-state index contributed by atoms with van der Waals surface area (Å²) in [7, 11) is 0. The zero-order valence-corrected chi connectivity index (χ0v) is 15.6. The molecule has 3 N–H and O–H groups in total. The van der Waals surface area contributed by atoms with Crippen molar-refractivity contribution >= 4 is 40.0 Å². The molecule has 2 aromatic carbocycles. The Morgan fingerprint density at radius 2 is 2.04 bits per heavy atom. The van der Waals surface area contributed by atoms with E-state index >= 15 is 0 Å². The third-order valence-electron chi connectivity index (χ3n) is 4.37. The van der Waals surface area contributed by atoms with E-state index in [0.29, 0.717) is 23.3 Å². The van der Waals surface area contributed by atoms with Crippen molar-refractivity contribution in [1.29, 1.82) is 0 Å². The first-order valence-electron chi connectivity index (χ1n) is 8.71. The number of nitrogens with zero attached hydrogens (tertiary/aromatic N) is 3. The van der Waals surface area contributed by atoms with Crippen molar-refractivity contribution in [3.05, 3.63) is 71.0 Å². The van der Waals surface area contributed by atoms with Crippen LogP contribution in [0.25, 0.3) is 10.9 Å². The van der Waals surface area contributed by atoms with Crippen LogP contribution in [-0.2, 0) is 6.42 Å². The fourth-order valence-corrected chi connectivity index (χ4v) is 3.13. The van der Waals surface area contributed by atoms with E-state index in [0.717, 1.165) is 23.2 Å². The highest BCUT2D eigenvalue weighted by atomic mass is 35.5. The average molecular weight is 379 g/mol. The molecule has 2 aromatic heterocycles. The van der Waals surface area contributed by atoms with Crippen LogP contribution < -0.4 is 10.6 Å². The highest BCUT2D eigenvalue weighted by Gasteiger charge is 2.06. The van der Waals surface area contributed by atoms with Gasteiger partial charge in [-0.1, -0.05) is 35.9 Å². The van der Waals surface area contributed by atoms with Gasteiger partial charge in [0.25, 0.3) is 0 Å². The van der Waals surface area contributed by atoms with Crippen LogP contribution in [-0.4, -0.2) is 26.7 Å². The Kier molecular flexibility index (Phi) is 4.89. The first-order chi connectivity index (χ1) is 13.2. The molecule has 7 heteroatoms. The second-order valence-corrected chi connectivity index (χ2v) is 6.72. The van der Waals surface area contributed by atoms with Crippen LogP contribution in [0, 0.1) is 6.92 Å². The van der Waals surface area contributed by atoms with Crippen molar-refractivity contribution in [2.75, 3.05) is 17.2 Å². The lowest BCUT2D eigenvalue weighted by Crippen LogP contribution is -2.09. The largest absolute Gasteiger partial charge is 0.361 e. The number of hydrogen-bond donors (Lipinski definition) is 3. The minimum Gasteiger partial charge on any atom is -0.361 e. The molecule has 0 atom stereocenters. The van der Waals surface area contributed by atoms with Gasteiger partial charge in [-0.05, 0) is 42.7 Å². The van der Waals surface area contributed by atoms with E-state index in [1.807, 2.05) is 43.5 Å². The van der Waals surface area contributed by atoms with Crippen LogP contribution in [0.2, 0.25) is 5.02 Å². The normalized spacial score (nSPS) is 10.9. The van der Waals surface area contributed by atoms with E-state index in [4.69, 9.17) is 11.6 Å². The van der Waals surface area contributed by atoms with Crippen LogP contribution >= 0.6 is 11.6 Å². The van der Waals surface area contributed by atoms with Crippen molar-refractivity contribution in [1.82, 2.24) is 20.2 Å². The predicted octanol–water partition coefficient (Wildman–Crippen LogP) is 4.71. The Balaban J connectivity index is 1.41. The first kappa shape index (κ1) is 17.3. The molecule has 6 nitrogen and oxygen atoms in total. The van der Waals surface area contributed by atoms with E-state index in [-0.39, 0.29) is 0 Å². The molecule has 136 valence electrons. The zero-order chi connectivity index (χ0) is 18.6. The number of para-hydroxylation sites is 1. The summed E-state index contributed by atoms with van der Waals surface area (Å²) in [5.74, 6) is 1.10. The quantitative estimate of drug-likeness (QED) is 0.452. The summed E-state index contributed by atoms with van der Waals surface area (Å²) in [6.45, 7) is 2.72. The van der Waals surface area contributed by atoms with Gasteiger partial charge >= 0.3 is 0 Å². The second kappa shape index (κ2) is 7.63. The number of anilines is 3. The van der Waals surface area contributed by atoms with E-state index < -0.39 is 0 Å². The van der Waals surface area contributed by atoms with Crippen molar-refractivity contribution in [3.63, 3.8) is 0 Å². The molecule has 0 bridgehead atoms. The molecule has 0 spiro atoms. The summed E-state index contributed by atoms with van der Waals surface area (Å²) in [5.41, 5.74) is 4.38. The van der Waals surface area contributed by atoms with E-state index in [2.05, 4.69) is 42.9 Å². The van der Waals surface area contributed by atoms with Crippen LogP contribution in [0.5, 0.6) is 0 Å². The highest BCUT2D eigenvalue weighted by molar-refractivity contribution is 6.30. The molecule has 27 heavy (non-hydrogen) atoms. The molecule has 0 aliphatic carbocycles. The molecular weight excluding hydrogens is 360 g/mol. The summed E-state index contributed by atoms with van der Waals surface area (Å²) >= 11 is 6.07. The maximum Gasteiger partial charge on any atom is 0.244 e. The molecule has 0 aliphatic rings. The molecule has 0 amide bonds. The van der Waals surface area contributed by atoms with Crippen molar-refractivity contribution in [3.8, 4) is 0 Å². The molecule has 0 radical (unpaired) electrons. The van der Waals surface area contributed by atoms with Gasteiger partial charge in [-0.3, -0.25) is 0 Å². The van der Waals surface area contributed by atoms with E-state index in [1.54, 1.807) is 6.20 Å². The van der Waals surface area contributed by atoms with E-state index in [9.17, 15) is 0 Å². The second-order valence-electron chi connectivity index (χ2n) is 6.29. The molecule has 0 unspecified atom stereocenters. The Hall–Kier alpha value is -3.12. The van der Waals surface area contributed by atoms with Gasteiger partial charge in [0.1, 0.15) is 0 Å². The fraction of sp³-hybridized carbons (Fsp3) is 0.150. The van der Waals surface area contributed by atoms with E-state index in [1.165, 1.54) is 10.9 Å². The van der Waals surface area contributed by atoms with Crippen LogP contribution in [0.15, 0.2) is 54.9 Å². The Morgan fingerprint density at radius 3 is 2.96 bits per heavy atom. The zero-order valence-electron chi connectivity index (χ0n) is 14.8. The summed E-state index contributed by atoms with van der Waals surface area (Å²) in [5, 5.41) is 16.5. The monoisotopic (exact) mass is 378 g/mol. The fourth-order valence-electron chi connectivity index (χ4n) is 2.95. The van der Waals surface area contributed by atoms with Crippen molar-refractivity contribution in [2.24, 2.45) is 0 Å². The number of aromatic amines is 1. The number of nitrogens with one attached hydrogen (secondary N) is 3. The Bertz CT molecular complexity index is 1070. The number of H-pyrrole nitrogens is 1. The summed E-state index contributed by atoms with van der Waals surface area (Å²) in [6, 6.07) is 14.0. The average Bonchev–Trinajstić information content (AvgIpc) is 3.08. The van der Waals surface area contributed by atoms with Crippen LogP contribution in [0.4, 0.5) is 17.5 Å². The topological polar surface area (TPSA) is 78.5 Å². The Labute approximate surface area is 162 Å². The van der Waals surface area contributed by atoms with Gasteiger partial charge in [0, 0.05) is 34.4 Å². The maximum absolute atomic E-state index is 6.07. The molecular formula is C20H19ClN6. The lowest BCUT2D eigenvalue weighted by Gasteiger charge is -2.10. The standard InChI is InChI=1S/C20H19ClN6/c1-13-6-7-15(21)10-18(13)25-19-12-24-27-20(26-19)22-9-8-14-11-23-17-5-3-2-4-16(14)17/h2-7,10-12,23H,8-9H2,1H3,(H2,22,25,26,27). The summed E-state index contributed by atoms with van der Waals surface area (Å²) in [6.07, 6.45) is 4.50. The molecule has 0 saturated carbocycles. The number of rotatable bonds is 6. The summed E-state index contributed by atoms with van der Waals surface area (Å²) in [4.78, 5) is 7.76. The van der Waals surface area contributed by atoms with Gasteiger partial charge in [-0.2, -0.15) is 10.1 Å². The van der Waals surface area contributed by atoms with Gasteiger partial charge < -0.3 is 15.6 Å². The lowest BCUT2D eigenvalue weighted by molar-refractivity contribution is 0.931. The number of halogens is 1. The summed E-state index contributed by atoms with van der Waals surface area (Å²) < 4.78 is 0. The third-order valence-corrected chi connectivity index (χ3v) is 4.61. The third kappa shape index (κ3) is 4.01. The number of fused-ring (bicyclic) bond motifs is 1. The SMILES string of the molecule is Cc1ccc(Cl)cc1Nc1cnnc(NCCc2c[nH]c3ccccc23)n1. The number of benzene rings is 2. The molecule has 0 fully saturated rings. The smallest absolute Gasteiger partial charge is 0.244 e.